The molecule has 0 N–H and O–H groups in total. The van der Waals surface area contributed by atoms with E-state index in [1.165, 1.54) is 12.1 Å². The minimum Gasteiger partial charge on any atom is -0.464 e. The van der Waals surface area contributed by atoms with E-state index in [9.17, 15) is 13.2 Å². The van der Waals surface area contributed by atoms with Gasteiger partial charge in [-0.1, -0.05) is 56.6 Å². The average molecular weight is 453 g/mol. The minimum absolute atomic E-state index is 0.0285. The van der Waals surface area contributed by atoms with Crippen molar-refractivity contribution in [1.29, 1.82) is 0 Å². The van der Waals surface area contributed by atoms with Gasteiger partial charge >= 0.3 is 5.97 Å². The molecule has 8 heteroatoms. The third-order valence-electron chi connectivity index (χ3n) is 4.44. The summed E-state index contributed by atoms with van der Waals surface area (Å²) >= 11 is 0. The second-order valence-electron chi connectivity index (χ2n) is 6.77. The van der Waals surface area contributed by atoms with E-state index in [2.05, 4.69) is 0 Å². The maximum absolute atomic E-state index is 12.8. The standard InChI is InChI=1S/C22H29O6PS/c1-4-26-21(23)22(27-5-2,15-19-9-7-6-8-10-19)16-29-17-28-30(24,25)20-13-11-18(3)12-14-20/h6-14,29H,4-5,15-17H2,1-3H3. The third kappa shape index (κ3) is 6.88. The second kappa shape index (κ2) is 11.6. The molecule has 2 rings (SSSR count). The molecule has 0 saturated carbocycles. The summed E-state index contributed by atoms with van der Waals surface area (Å²) in [5, 5.41) is 0. The van der Waals surface area contributed by atoms with Crippen LogP contribution in [0.4, 0.5) is 0 Å². The zero-order valence-corrected chi connectivity index (χ0v) is 19.4. The molecule has 0 saturated heterocycles. The van der Waals surface area contributed by atoms with Crippen molar-refractivity contribution in [3.05, 3.63) is 65.7 Å². The van der Waals surface area contributed by atoms with E-state index in [0.29, 0.717) is 19.2 Å². The Morgan fingerprint density at radius 1 is 1.00 bits per heavy atom. The Hall–Kier alpha value is -1.79. The summed E-state index contributed by atoms with van der Waals surface area (Å²) in [6, 6.07) is 16.0. The molecule has 2 aromatic carbocycles. The van der Waals surface area contributed by atoms with Gasteiger partial charge in [0, 0.05) is 19.2 Å². The number of carbonyl (C=O) groups is 1. The van der Waals surface area contributed by atoms with Crippen molar-refractivity contribution in [1.82, 2.24) is 0 Å². The average Bonchev–Trinajstić information content (AvgIpc) is 2.72. The minimum atomic E-state index is -3.85. The lowest BCUT2D eigenvalue weighted by molar-refractivity contribution is -0.168. The highest BCUT2D eigenvalue weighted by Crippen LogP contribution is 2.29. The van der Waals surface area contributed by atoms with Gasteiger partial charge in [0.15, 0.2) is 5.60 Å². The smallest absolute Gasteiger partial charge is 0.339 e. The lowest BCUT2D eigenvalue weighted by Crippen LogP contribution is -2.47. The quantitative estimate of drug-likeness (QED) is 0.210. The number of hydrogen-bond acceptors (Lipinski definition) is 6. The summed E-state index contributed by atoms with van der Waals surface area (Å²) in [5.41, 5.74) is 0.728. The Labute approximate surface area is 180 Å². The molecule has 2 atom stereocenters. The van der Waals surface area contributed by atoms with Crippen LogP contribution in [0.1, 0.15) is 25.0 Å². The summed E-state index contributed by atoms with van der Waals surface area (Å²) in [5.74, 6) is -0.440. The van der Waals surface area contributed by atoms with E-state index < -0.39 is 21.7 Å². The molecule has 2 aromatic rings. The molecule has 0 bridgehead atoms. The van der Waals surface area contributed by atoms with Gasteiger partial charge in [-0.2, -0.15) is 8.42 Å². The molecule has 0 heterocycles. The van der Waals surface area contributed by atoms with Crippen LogP contribution in [0.5, 0.6) is 0 Å². The van der Waals surface area contributed by atoms with E-state index >= 15 is 0 Å². The molecule has 0 aliphatic rings. The fourth-order valence-corrected chi connectivity index (χ4v) is 5.41. The molecular weight excluding hydrogens is 423 g/mol. The SMILES string of the molecule is CCOC(=O)C(CPCOS(=O)(=O)c1ccc(C)cc1)(Cc1ccccc1)OCC. The van der Waals surface area contributed by atoms with E-state index in [4.69, 9.17) is 13.7 Å². The van der Waals surface area contributed by atoms with Crippen molar-refractivity contribution >= 4 is 24.7 Å². The number of ether oxygens (including phenoxy) is 2. The van der Waals surface area contributed by atoms with E-state index in [1.807, 2.05) is 44.2 Å². The number of esters is 1. The highest BCUT2D eigenvalue weighted by Gasteiger charge is 2.40. The highest BCUT2D eigenvalue weighted by atomic mass is 32.2. The van der Waals surface area contributed by atoms with Crippen LogP contribution in [0, 0.1) is 6.92 Å². The van der Waals surface area contributed by atoms with Gasteiger partial charge in [0.05, 0.1) is 17.9 Å². The first-order chi connectivity index (χ1) is 14.3. The molecule has 0 spiro atoms. The largest absolute Gasteiger partial charge is 0.464 e. The van der Waals surface area contributed by atoms with Gasteiger partial charge in [-0.05, 0) is 38.5 Å². The monoisotopic (exact) mass is 452 g/mol. The molecule has 0 aliphatic heterocycles. The van der Waals surface area contributed by atoms with Crippen molar-refractivity contribution in [2.45, 2.75) is 37.7 Å². The fourth-order valence-electron chi connectivity index (χ4n) is 2.98. The highest BCUT2D eigenvalue weighted by molar-refractivity contribution is 7.87. The molecule has 6 nitrogen and oxygen atoms in total. The summed E-state index contributed by atoms with van der Waals surface area (Å²) in [4.78, 5) is 12.9. The van der Waals surface area contributed by atoms with Crippen LogP contribution in [0.15, 0.2) is 59.5 Å². The van der Waals surface area contributed by atoms with Crippen molar-refractivity contribution in [3.63, 3.8) is 0 Å². The Morgan fingerprint density at radius 3 is 2.27 bits per heavy atom. The van der Waals surface area contributed by atoms with E-state index in [0.717, 1.165) is 11.1 Å². The van der Waals surface area contributed by atoms with Crippen LogP contribution < -0.4 is 0 Å². The van der Waals surface area contributed by atoms with Crippen molar-refractivity contribution in [2.24, 2.45) is 0 Å². The number of hydrogen-bond donors (Lipinski definition) is 0. The molecular formula is C22H29O6PS. The Kier molecular flexibility index (Phi) is 9.43. The maximum atomic E-state index is 12.8. The maximum Gasteiger partial charge on any atom is 0.339 e. The number of rotatable bonds is 12. The number of aryl methyl sites for hydroxylation is 1. The second-order valence-corrected chi connectivity index (χ2v) is 9.52. The summed E-state index contributed by atoms with van der Waals surface area (Å²) < 4.78 is 41.2. The Balaban J connectivity index is 2.09. The predicted octanol–water partition coefficient (Wildman–Crippen LogP) is 3.92. The Bertz CT molecular complexity index is 899. The molecule has 30 heavy (non-hydrogen) atoms. The van der Waals surface area contributed by atoms with Crippen LogP contribution in [0.2, 0.25) is 0 Å². The first-order valence-electron chi connectivity index (χ1n) is 9.85. The van der Waals surface area contributed by atoms with Crippen LogP contribution in [0.3, 0.4) is 0 Å². The zero-order valence-electron chi connectivity index (χ0n) is 17.6. The van der Waals surface area contributed by atoms with Crippen LogP contribution in [0.25, 0.3) is 0 Å². The van der Waals surface area contributed by atoms with Crippen LogP contribution in [-0.4, -0.2) is 45.7 Å². The van der Waals surface area contributed by atoms with Gasteiger partial charge in [-0.25, -0.2) is 4.79 Å². The van der Waals surface area contributed by atoms with Crippen molar-refractivity contribution in [3.8, 4) is 0 Å². The van der Waals surface area contributed by atoms with Crippen LogP contribution in [-0.2, 0) is 35.0 Å². The third-order valence-corrected chi connectivity index (χ3v) is 7.09. The summed E-state index contributed by atoms with van der Waals surface area (Å²) in [6.45, 7) is 6.02. The lowest BCUT2D eigenvalue weighted by Gasteiger charge is -2.31. The number of benzene rings is 2. The summed E-state index contributed by atoms with van der Waals surface area (Å²) in [6.07, 6.45) is 0.620. The normalized spacial score (nSPS) is 14.0. The van der Waals surface area contributed by atoms with Gasteiger partial charge in [0.1, 0.15) is 0 Å². The first-order valence-corrected chi connectivity index (χ1v) is 12.7. The fraction of sp³-hybridized carbons (Fsp3) is 0.409. The predicted molar refractivity (Wildman–Crippen MR) is 119 cm³/mol. The molecule has 0 radical (unpaired) electrons. The van der Waals surface area contributed by atoms with Gasteiger partial charge in [0.2, 0.25) is 0 Å². The van der Waals surface area contributed by atoms with Crippen molar-refractivity contribution in [2.75, 3.05) is 25.7 Å². The van der Waals surface area contributed by atoms with E-state index in [1.54, 1.807) is 19.1 Å². The summed E-state index contributed by atoms with van der Waals surface area (Å²) in [7, 11) is -3.82. The lowest BCUT2D eigenvalue weighted by atomic mass is 9.96. The molecule has 2 unspecified atom stereocenters. The Morgan fingerprint density at radius 2 is 1.67 bits per heavy atom. The zero-order chi connectivity index (χ0) is 22.0. The number of carbonyl (C=O) groups excluding carboxylic acids is 1. The molecule has 0 aliphatic carbocycles. The molecule has 0 fully saturated rings. The molecule has 0 aromatic heterocycles. The van der Waals surface area contributed by atoms with Crippen molar-refractivity contribution < 1.29 is 26.9 Å². The topological polar surface area (TPSA) is 78.9 Å². The van der Waals surface area contributed by atoms with Gasteiger partial charge < -0.3 is 9.47 Å². The first kappa shape index (κ1) is 24.5. The van der Waals surface area contributed by atoms with Crippen LogP contribution >= 0.6 is 8.58 Å². The van der Waals surface area contributed by atoms with Gasteiger partial charge in [0.25, 0.3) is 10.1 Å². The van der Waals surface area contributed by atoms with Gasteiger partial charge in [-0.3, -0.25) is 4.18 Å². The van der Waals surface area contributed by atoms with Gasteiger partial charge in [-0.15, -0.1) is 0 Å². The van der Waals surface area contributed by atoms with E-state index in [-0.39, 0.29) is 26.4 Å². The molecule has 0 amide bonds. The molecule has 164 valence electrons.